The predicted octanol–water partition coefficient (Wildman–Crippen LogP) is 3.17. The van der Waals surface area contributed by atoms with Crippen LogP contribution in [0.3, 0.4) is 0 Å². The molecule has 0 saturated carbocycles. The van der Waals surface area contributed by atoms with Crippen LogP contribution in [-0.4, -0.2) is 27.1 Å². The molecule has 0 spiro atoms. The lowest BCUT2D eigenvalue weighted by Crippen LogP contribution is -2.30. The fourth-order valence-corrected chi connectivity index (χ4v) is 3.41. The molecule has 1 aliphatic heterocycles. The molecule has 118 valence electrons. The molecule has 1 saturated heterocycles. The highest BCUT2D eigenvalue weighted by Crippen LogP contribution is 2.36. The van der Waals surface area contributed by atoms with Gasteiger partial charge in [-0.05, 0) is 38.8 Å². The highest BCUT2D eigenvalue weighted by Gasteiger charge is 2.35. The lowest BCUT2D eigenvalue weighted by Gasteiger charge is -2.24. The van der Waals surface area contributed by atoms with E-state index in [0.717, 1.165) is 43.0 Å². The lowest BCUT2D eigenvalue weighted by atomic mass is 10.0. The number of likely N-dealkylation sites (tertiary alicyclic amines) is 1. The molecule has 3 rings (SSSR count). The van der Waals surface area contributed by atoms with Crippen molar-refractivity contribution in [3.8, 4) is 0 Å². The van der Waals surface area contributed by atoms with Gasteiger partial charge in [-0.3, -0.25) is 9.48 Å². The van der Waals surface area contributed by atoms with Gasteiger partial charge >= 0.3 is 0 Å². The second kappa shape index (κ2) is 5.63. The molecule has 22 heavy (non-hydrogen) atoms. The van der Waals surface area contributed by atoms with Crippen molar-refractivity contribution in [2.24, 2.45) is 7.05 Å². The van der Waals surface area contributed by atoms with Gasteiger partial charge in [-0.1, -0.05) is 6.92 Å². The van der Waals surface area contributed by atoms with Crippen LogP contribution in [0.15, 0.2) is 16.5 Å². The number of aryl methyl sites for hydroxylation is 3. The maximum Gasteiger partial charge on any atom is 0.290 e. The largest absolute Gasteiger partial charge is 0.456 e. The first kappa shape index (κ1) is 14.9. The summed E-state index contributed by atoms with van der Waals surface area (Å²) in [6, 6.07) is 3.79. The summed E-state index contributed by atoms with van der Waals surface area (Å²) in [6.07, 6.45) is 2.81. The number of rotatable bonds is 3. The molecule has 1 fully saturated rings. The summed E-state index contributed by atoms with van der Waals surface area (Å²) in [7, 11) is 1.95. The molecule has 0 radical (unpaired) electrons. The minimum Gasteiger partial charge on any atom is -0.456 e. The molecule has 1 amide bonds. The van der Waals surface area contributed by atoms with E-state index in [0.29, 0.717) is 5.76 Å². The Bertz CT molecular complexity index is 699. The molecule has 5 nitrogen and oxygen atoms in total. The minimum atomic E-state index is -0.00940. The average Bonchev–Trinajstić information content (AvgIpc) is 3.19. The fraction of sp³-hybridized carbons (Fsp3) is 0.529. The topological polar surface area (TPSA) is 51.3 Å². The Morgan fingerprint density at radius 3 is 2.77 bits per heavy atom. The van der Waals surface area contributed by atoms with E-state index < -0.39 is 0 Å². The molecule has 1 atom stereocenters. The van der Waals surface area contributed by atoms with E-state index in [9.17, 15) is 4.79 Å². The van der Waals surface area contributed by atoms with Crippen molar-refractivity contribution in [2.75, 3.05) is 6.54 Å². The monoisotopic (exact) mass is 301 g/mol. The average molecular weight is 301 g/mol. The molecule has 3 heterocycles. The zero-order valence-electron chi connectivity index (χ0n) is 13.7. The van der Waals surface area contributed by atoms with Gasteiger partial charge in [0, 0.05) is 31.3 Å². The summed E-state index contributed by atoms with van der Waals surface area (Å²) < 4.78 is 7.54. The normalized spacial score (nSPS) is 18.2. The zero-order valence-corrected chi connectivity index (χ0v) is 13.7. The van der Waals surface area contributed by atoms with Crippen molar-refractivity contribution in [1.29, 1.82) is 0 Å². The number of nitrogens with zero attached hydrogens (tertiary/aromatic N) is 3. The van der Waals surface area contributed by atoms with E-state index in [1.54, 1.807) is 6.07 Å². The standard InChI is InChI=1S/C17H23N3O2/c1-5-13-8-9-15(22-13)17(21)20-10-6-7-14(20)16-11(2)18-19(4)12(16)3/h8-9,14H,5-7,10H2,1-4H3/t14-/m0/s1. The predicted molar refractivity (Wildman–Crippen MR) is 83.8 cm³/mol. The highest BCUT2D eigenvalue weighted by atomic mass is 16.4. The van der Waals surface area contributed by atoms with Crippen molar-refractivity contribution in [1.82, 2.24) is 14.7 Å². The molecule has 0 bridgehead atoms. The van der Waals surface area contributed by atoms with E-state index in [4.69, 9.17) is 4.42 Å². The highest BCUT2D eigenvalue weighted by molar-refractivity contribution is 5.92. The Hall–Kier alpha value is -2.04. The molecule has 2 aromatic rings. The number of hydrogen-bond acceptors (Lipinski definition) is 3. The molecule has 1 aliphatic rings. The molecule has 0 unspecified atom stereocenters. The third-order valence-electron chi connectivity index (χ3n) is 4.63. The van der Waals surface area contributed by atoms with E-state index in [1.807, 2.05) is 36.5 Å². The van der Waals surface area contributed by atoms with Gasteiger partial charge in [0.25, 0.3) is 5.91 Å². The summed E-state index contributed by atoms with van der Waals surface area (Å²) in [5, 5.41) is 4.49. The molecule has 0 aliphatic carbocycles. The van der Waals surface area contributed by atoms with Crippen LogP contribution in [0.2, 0.25) is 0 Å². The summed E-state index contributed by atoms with van der Waals surface area (Å²) in [6.45, 7) is 6.89. The third-order valence-corrected chi connectivity index (χ3v) is 4.63. The van der Waals surface area contributed by atoms with Crippen molar-refractivity contribution in [3.05, 3.63) is 40.6 Å². The summed E-state index contributed by atoms with van der Waals surface area (Å²) >= 11 is 0. The van der Waals surface area contributed by atoms with Crippen molar-refractivity contribution < 1.29 is 9.21 Å². The minimum absolute atomic E-state index is 0.00940. The van der Waals surface area contributed by atoms with E-state index in [1.165, 1.54) is 5.56 Å². The number of hydrogen-bond donors (Lipinski definition) is 0. The Morgan fingerprint density at radius 1 is 1.41 bits per heavy atom. The Morgan fingerprint density at radius 2 is 2.18 bits per heavy atom. The lowest BCUT2D eigenvalue weighted by molar-refractivity contribution is 0.0701. The molecular formula is C17H23N3O2. The van der Waals surface area contributed by atoms with Crippen LogP contribution in [0, 0.1) is 13.8 Å². The second-order valence-electron chi connectivity index (χ2n) is 5.98. The number of aromatic nitrogens is 2. The van der Waals surface area contributed by atoms with Crippen molar-refractivity contribution >= 4 is 5.91 Å². The van der Waals surface area contributed by atoms with E-state index in [-0.39, 0.29) is 11.9 Å². The quantitative estimate of drug-likeness (QED) is 0.875. The fourth-order valence-electron chi connectivity index (χ4n) is 3.41. The molecule has 2 aromatic heterocycles. The Labute approximate surface area is 130 Å². The number of carbonyl (C=O) groups is 1. The van der Waals surface area contributed by atoms with Gasteiger partial charge in [0.2, 0.25) is 0 Å². The van der Waals surface area contributed by atoms with Gasteiger partial charge in [0.05, 0.1) is 11.7 Å². The number of furan rings is 1. The van der Waals surface area contributed by atoms with Gasteiger partial charge in [-0.25, -0.2) is 0 Å². The molecule has 5 heteroatoms. The molecule has 0 aromatic carbocycles. The van der Waals surface area contributed by atoms with Crippen molar-refractivity contribution in [3.63, 3.8) is 0 Å². The zero-order chi connectivity index (χ0) is 15.9. The maximum atomic E-state index is 12.8. The van der Waals surface area contributed by atoms with Crippen LogP contribution in [0.4, 0.5) is 0 Å². The second-order valence-corrected chi connectivity index (χ2v) is 5.98. The van der Waals surface area contributed by atoms with E-state index in [2.05, 4.69) is 12.0 Å². The summed E-state index contributed by atoms with van der Waals surface area (Å²) in [4.78, 5) is 14.7. The number of amides is 1. The SMILES string of the molecule is CCc1ccc(C(=O)N2CCC[C@H]2c2c(C)nn(C)c2C)o1. The number of carbonyl (C=O) groups excluding carboxylic acids is 1. The van der Waals surface area contributed by atoms with Crippen LogP contribution in [0.1, 0.15) is 59.1 Å². The smallest absolute Gasteiger partial charge is 0.290 e. The Balaban J connectivity index is 1.91. The molecular weight excluding hydrogens is 278 g/mol. The maximum absolute atomic E-state index is 12.8. The van der Waals surface area contributed by atoms with Gasteiger partial charge < -0.3 is 9.32 Å². The first-order valence-electron chi connectivity index (χ1n) is 7.92. The Kier molecular flexibility index (Phi) is 3.81. The van der Waals surface area contributed by atoms with Gasteiger partial charge in [-0.2, -0.15) is 5.10 Å². The summed E-state index contributed by atoms with van der Waals surface area (Å²) in [5.74, 6) is 1.29. The third kappa shape index (κ3) is 2.34. The van der Waals surface area contributed by atoms with Crippen LogP contribution in [0.25, 0.3) is 0 Å². The van der Waals surface area contributed by atoms with Crippen molar-refractivity contribution in [2.45, 2.75) is 46.1 Å². The van der Waals surface area contributed by atoms with Crippen LogP contribution >= 0.6 is 0 Å². The first-order chi connectivity index (χ1) is 10.5. The van der Waals surface area contributed by atoms with Gasteiger partial charge in [0.1, 0.15) is 5.76 Å². The first-order valence-corrected chi connectivity index (χ1v) is 7.92. The van der Waals surface area contributed by atoms with Crippen LogP contribution < -0.4 is 0 Å². The van der Waals surface area contributed by atoms with E-state index >= 15 is 0 Å². The summed E-state index contributed by atoms with van der Waals surface area (Å²) in [5.41, 5.74) is 3.34. The van der Waals surface area contributed by atoms with Gasteiger partial charge in [-0.15, -0.1) is 0 Å². The van der Waals surface area contributed by atoms with Gasteiger partial charge in [0.15, 0.2) is 5.76 Å². The van der Waals surface area contributed by atoms with Crippen LogP contribution in [-0.2, 0) is 13.5 Å². The van der Waals surface area contributed by atoms with Crippen LogP contribution in [0.5, 0.6) is 0 Å². The molecule has 0 N–H and O–H groups in total.